The van der Waals surface area contributed by atoms with Crippen LogP contribution in [0, 0.1) is 6.92 Å². The number of nitrogens with zero attached hydrogens (tertiary/aromatic N) is 3. The van der Waals surface area contributed by atoms with E-state index in [9.17, 15) is 4.79 Å². The minimum absolute atomic E-state index is 0.122. The summed E-state index contributed by atoms with van der Waals surface area (Å²) in [5, 5.41) is 6.94. The van der Waals surface area contributed by atoms with Crippen molar-refractivity contribution in [3.05, 3.63) is 11.7 Å². The molecule has 1 aromatic rings. The molecule has 2 heterocycles. The van der Waals surface area contributed by atoms with Gasteiger partial charge >= 0.3 is 0 Å². The monoisotopic (exact) mass is 252 g/mol. The highest BCUT2D eigenvalue weighted by molar-refractivity contribution is 5.75. The second-order valence-corrected chi connectivity index (χ2v) is 4.72. The Balaban J connectivity index is 1.84. The molecule has 0 bridgehead atoms. The fourth-order valence-electron chi connectivity index (χ4n) is 2.25. The molecule has 100 valence electrons. The second-order valence-electron chi connectivity index (χ2n) is 4.72. The van der Waals surface area contributed by atoms with Crippen LogP contribution in [0.4, 0.5) is 0 Å². The molecule has 1 saturated heterocycles. The Morgan fingerprint density at radius 1 is 1.61 bits per heavy atom. The Morgan fingerprint density at radius 2 is 2.44 bits per heavy atom. The lowest BCUT2D eigenvalue weighted by atomic mass is 10.1. The molecular weight excluding hydrogens is 232 g/mol. The fraction of sp³-hybridized carbons (Fsp3) is 0.750. The van der Waals surface area contributed by atoms with Crippen LogP contribution >= 0.6 is 0 Å². The molecule has 1 unspecified atom stereocenters. The van der Waals surface area contributed by atoms with Crippen molar-refractivity contribution in [1.29, 1.82) is 0 Å². The standard InChI is InChI=1S/C12H20N4O2/c1-3-12(17)14-10-5-4-6-16(7-10)8-11-13-9(2)18-15-11/h10H,3-8H2,1-2H3,(H,14,17). The summed E-state index contributed by atoms with van der Waals surface area (Å²) in [5.74, 6) is 1.44. The number of carbonyl (C=O) groups excluding carboxylic acids is 1. The van der Waals surface area contributed by atoms with Gasteiger partial charge in [-0.3, -0.25) is 9.69 Å². The van der Waals surface area contributed by atoms with Crippen LogP contribution in [0.3, 0.4) is 0 Å². The summed E-state index contributed by atoms with van der Waals surface area (Å²) in [7, 11) is 0. The van der Waals surface area contributed by atoms with Gasteiger partial charge in [-0.15, -0.1) is 0 Å². The highest BCUT2D eigenvalue weighted by atomic mass is 16.5. The average molecular weight is 252 g/mol. The van der Waals surface area contributed by atoms with Gasteiger partial charge in [-0.05, 0) is 19.4 Å². The third kappa shape index (κ3) is 3.53. The molecule has 0 saturated carbocycles. The van der Waals surface area contributed by atoms with Crippen molar-refractivity contribution < 1.29 is 9.32 Å². The SMILES string of the molecule is CCC(=O)NC1CCCN(Cc2noc(C)n2)C1. The number of aryl methyl sites for hydroxylation is 1. The molecule has 1 atom stereocenters. The van der Waals surface area contributed by atoms with E-state index in [1.54, 1.807) is 6.92 Å². The third-order valence-corrected chi connectivity index (χ3v) is 3.13. The summed E-state index contributed by atoms with van der Waals surface area (Å²) < 4.78 is 4.96. The molecule has 0 spiro atoms. The summed E-state index contributed by atoms with van der Waals surface area (Å²) in [6, 6.07) is 0.249. The largest absolute Gasteiger partial charge is 0.352 e. The molecule has 6 heteroatoms. The Hall–Kier alpha value is -1.43. The van der Waals surface area contributed by atoms with Gasteiger partial charge in [-0.1, -0.05) is 12.1 Å². The number of piperidine rings is 1. The van der Waals surface area contributed by atoms with E-state index in [1.165, 1.54) is 0 Å². The van der Waals surface area contributed by atoms with Crippen molar-refractivity contribution in [1.82, 2.24) is 20.4 Å². The first-order valence-electron chi connectivity index (χ1n) is 6.48. The number of amides is 1. The van der Waals surface area contributed by atoms with E-state index >= 15 is 0 Å². The van der Waals surface area contributed by atoms with E-state index in [2.05, 4.69) is 20.4 Å². The zero-order valence-electron chi connectivity index (χ0n) is 11.0. The molecule has 1 amide bonds. The fourth-order valence-corrected chi connectivity index (χ4v) is 2.25. The lowest BCUT2D eigenvalue weighted by Gasteiger charge is -2.32. The van der Waals surface area contributed by atoms with Crippen LogP contribution < -0.4 is 5.32 Å². The molecule has 6 nitrogen and oxygen atoms in total. The molecule has 1 aliphatic heterocycles. The Morgan fingerprint density at radius 3 is 3.11 bits per heavy atom. The Bertz CT molecular complexity index is 405. The van der Waals surface area contributed by atoms with Gasteiger partial charge in [0.1, 0.15) is 0 Å². The van der Waals surface area contributed by atoms with Crippen LogP contribution in [-0.4, -0.2) is 40.1 Å². The molecule has 2 rings (SSSR count). The summed E-state index contributed by atoms with van der Waals surface area (Å²) in [5.41, 5.74) is 0. The summed E-state index contributed by atoms with van der Waals surface area (Å²) in [6.45, 7) is 6.23. The minimum Gasteiger partial charge on any atom is -0.352 e. The molecule has 1 aliphatic rings. The zero-order chi connectivity index (χ0) is 13.0. The maximum atomic E-state index is 11.4. The number of nitrogens with one attached hydrogen (secondary N) is 1. The number of likely N-dealkylation sites (tertiary alicyclic amines) is 1. The second kappa shape index (κ2) is 5.95. The molecule has 1 aromatic heterocycles. The predicted molar refractivity (Wildman–Crippen MR) is 65.8 cm³/mol. The topological polar surface area (TPSA) is 71.3 Å². The molecule has 0 aliphatic carbocycles. The van der Waals surface area contributed by atoms with Crippen LogP contribution in [0.1, 0.15) is 37.9 Å². The Labute approximate surface area is 107 Å². The number of rotatable bonds is 4. The summed E-state index contributed by atoms with van der Waals surface area (Å²) in [6.07, 6.45) is 2.68. The minimum atomic E-state index is 0.122. The summed E-state index contributed by atoms with van der Waals surface area (Å²) in [4.78, 5) is 17.8. The number of hydrogen-bond donors (Lipinski definition) is 1. The van der Waals surface area contributed by atoms with Crippen molar-refractivity contribution in [2.24, 2.45) is 0 Å². The van der Waals surface area contributed by atoms with E-state index < -0.39 is 0 Å². The molecule has 0 radical (unpaired) electrons. The smallest absolute Gasteiger partial charge is 0.223 e. The zero-order valence-corrected chi connectivity index (χ0v) is 11.0. The van der Waals surface area contributed by atoms with Gasteiger partial charge in [-0.25, -0.2) is 0 Å². The van der Waals surface area contributed by atoms with Crippen LogP contribution in [0.5, 0.6) is 0 Å². The highest BCUT2D eigenvalue weighted by Crippen LogP contribution is 2.12. The summed E-state index contributed by atoms with van der Waals surface area (Å²) >= 11 is 0. The van der Waals surface area contributed by atoms with Gasteiger partial charge in [0.2, 0.25) is 11.8 Å². The average Bonchev–Trinajstić information content (AvgIpc) is 2.75. The van der Waals surface area contributed by atoms with Crippen LogP contribution in [0.25, 0.3) is 0 Å². The van der Waals surface area contributed by atoms with Gasteiger partial charge in [0.25, 0.3) is 0 Å². The van der Waals surface area contributed by atoms with Gasteiger partial charge < -0.3 is 9.84 Å². The number of hydrogen-bond acceptors (Lipinski definition) is 5. The van der Waals surface area contributed by atoms with E-state index in [0.29, 0.717) is 18.9 Å². The van der Waals surface area contributed by atoms with E-state index in [1.807, 2.05) is 6.92 Å². The normalized spacial score (nSPS) is 20.9. The van der Waals surface area contributed by atoms with Crippen molar-refractivity contribution in [2.45, 2.75) is 45.7 Å². The molecule has 1 N–H and O–H groups in total. The van der Waals surface area contributed by atoms with E-state index in [4.69, 9.17) is 4.52 Å². The van der Waals surface area contributed by atoms with Crippen molar-refractivity contribution >= 4 is 5.91 Å². The van der Waals surface area contributed by atoms with Gasteiger partial charge in [0.05, 0.1) is 6.54 Å². The van der Waals surface area contributed by atoms with Crippen molar-refractivity contribution in [3.8, 4) is 0 Å². The third-order valence-electron chi connectivity index (χ3n) is 3.13. The maximum absolute atomic E-state index is 11.4. The quantitative estimate of drug-likeness (QED) is 0.861. The molecular formula is C12H20N4O2. The van der Waals surface area contributed by atoms with Crippen molar-refractivity contribution in [3.63, 3.8) is 0 Å². The van der Waals surface area contributed by atoms with Crippen LogP contribution in [-0.2, 0) is 11.3 Å². The first-order chi connectivity index (χ1) is 8.67. The van der Waals surface area contributed by atoms with E-state index in [-0.39, 0.29) is 11.9 Å². The lowest BCUT2D eigenvalue weighted by molar-refractivity contribution is -0.121. The Kier molecular flexibility index (Phi) is 4.30. The molecule has 18 heavy (non-hydrogen) atoms. The van der Waals surface area contributed by atoms with E-state index in [0.717, 1.165) is 31.8 Å². The van der Waals surface area contributed by atoms with Crippen LogP contribution in [0.15, 0.2) is 4.52 Å². The van der Waals surface area contributed by atoms with Crippen molar-refractivity contribution in [2.75, 3.05) is 13.1 Å². The first-order valence-corrected chi connectivity index (χ1v) is 6.48. The van der Waals surface area contributed by atoms with Gasteiger partial charge in [-0.2, -0.15) is 4.98 Å². The highest BCUT2D eigenvalue weighted by Gasteiger charge is 2.22. The van der Waals surface area contributed by atoms with Gasteiger partial charge in [0, 0.05) is 25.9 Å². The predicted octanol–water partition coefficient (Wildman–Crippen LogP) is 0.869. The number of carbonyl (C=O) groups is 1. The molecule has 0 aromatic carbocycles. The first kappa shape index (κ1) is 13.0. The maximum Gasteiger partial charge on any atom is 0.223 e. The lowest BCUT2D eigenvalue weighted by Crippen LogP contribution is -2.47. The van der Waals surface area contributed by atoms with Crippen LogP contribution in [0.2, 0.25) is 0 Å². The number of aromatic nitrogens is 2. The van der Waals surface area contributed by atoms with Gasteiger partial charge in [0.15, 0.2) is 5.82 Å². The molecule has 1 fully saturated rings.